The predicted molar refractivity (Wildman–Crippen MR) is 171 cm³/mol. The lowest BCUT2D eigenvalue weighted by atomic mass is 9.83. The second-order valence-corrected chi connectivity index (χ2v) is 12.6. The summed E-state index contributed by atoms with van der Waals surface area (Å²) >= 11 is 0. The van der Waals surface area contributed by atoms with Crippen molar-refractivity contribution in [1.29, 1.82) is 0 Å². The number of hydrogen-bond acceptors (Lipinski definition) is 3. The molecule has 6 heteroatoms. The maximum atomic E-state index is 14.9. The molecule has 6 rings (SSSR count). The fraction of sp³-hybridized carbons (Fsp3) is 0.405. The van der Waals surface area contributed by atoms with Gasteiger partial charge in [-0.3, -0.25) is 9.59 Å². The largest absolute Gasteiger partial charge is 0.491 e. The zero-order chi connectivity index (χ0) is 30.0. The molecule has 6 nitrogen and oxygen atoms in total. The van der Waals surface area contributed by atoms with E-state index in [-0.39, 0.29) is 24.0 Å². The van der Waals surface area contributed by atoms with E-state index in [1.54, 1.807) is 0 Å². The molecule has 1 fully saturated rings. The Morgan fingerprint density at radius 3 is 2.33 bits per heavy atom. The molecule has 0 saturated heterocycles. The molecule has 0 unspecified atom stereocenters. The van der Waals surface area contributed by atoms with Crippen LogP contribution in [0.5, 0.6) is 5.75 Å². The van der Waals surface area contributed by atoms with Crippen LogP contribution in [0.15, 0.2) is 78.9 Å². The average molecular weight is 578 g/mol. The Hall–Kier alpha value is -4.06. The standard InChI is InChI=1S/C37H43N3O3/c1-26(2)43-32-20-17-28(18-21-32)24-40-35(41)34-23-29-19-16-27(3)22-33(29)39(34)25-37(40,30-12-8-7-9-13-30)36(42)38-31-14-10-5-4-6-11-15-31/h7-9,12-13,16-23,26,31H,4-6,10-11,14-15,24-25H2,1-3H3,(H,38,42)/t37-/m1/s1. The Balaban J connectivity index is 1.48. The number of ether oxygens (including phenoxy) is 1. The third kappa shape index (κ3) is 5.80. The molecule has 1 N–H and O–H groups in total. The molecule has 2 heterocycles. The molecule has 1 saturated carbocycles. The van der Waals surface area contributed by atoms with Gasteiger partial charge in [0.1, 0.15) is 11.4 Å². The summed E-state index contributed by atoms with van der Waals surface area (Å²) in [5.74, 6) is 0.549. The first kappa shape index (κ1) is 29.0. The van der Waals surface area contributed by atoms with E-state index in [1.165, 1.54) is 19.3 Å². The van der Waals surface area contributed by atoms with Crippen molar-refractivity contribution in [3.63, 3.8) is 0 Å². The number of aryl methyl sites for hydroxylation is 1. The van der Waals surface area contributed by atoms with Crippen LogP contribution in [0.4, 0.5) is 0 Å². The van der Waals surface area contributed by atoms with Crippen LogP contribution in [0.1, 0.15) is 86.0 Å². The normalized spacial score (nSPS) is 19.6. The van der Waals surface area contributed by atoms with Gasteiger partial charge in [-0.05, 0) is 74.6 Å². The number of benzene rings is 3. The van der Waals surface area contributed by atoms with Crippen LogP contribution in [-0.4, -0.2) is 33.4 Å². The molecule has 224 valence electrons. The van der Waals surface area contributed by atoms with Gasteiger partial charge in [-0.25, -0.2) is 0 Å². The van der Waals surface area contributed by atoms with Crippen LogP contribution in [0, 0.1) is 6.92 Å². The molecule has 2 aliphatic rings. The summed E-state index contributed by atoms with van der Waals surface area (Å²) in [5.41, 5.74) is 3.27. The molecule has 3 aromatic carbocycles. The van der Waals surface area contributed by atoms with Gasteiger partial charge in [0.05, 0.1) is 12.6 Å². The van der Waals surface area contributed by atoms with Crippen molar-refractivity contribution in [1.82, 2.24) is 14.8 Å². The van der Waals surface area contributed by atoms with E-state index >= 15 is 0 Å². The minimum absolute atomic E-state index is 0.0720. The number of carbonyl (C=O) groups excluding carboxylic acids is 2. The fourth-order valence-corrected chi connectivity index (χ4v) is 6.86. The molecule has 0 radical (unpaired) electrons. The van der Waals surface area contributed by atoms with E-state index in [4.69, 9.17) is 4.74 Å². The highest BCUT2D eigenvalue weighted by Crippen LogP contribution is 2.41. The lowest BCUT2D eigenvalue weighted by Crippen LogP contribution is -2.64. The molecule has 4 aromatic rings. The van der Waals surface area contributed by atoms with Crippen molar-refractivity contribution in [2.45, 2.75) is 96.5 Å². The second kappa shape index (κ2) is 12.3. The van der Waals surface area contributed by atoms with Gasteiger partial charge in [-0.1, -0.05) is 86.7 Å². The molecule has 0 bridgehead atoms. The summed E-state index contributed by atoms with van der Waals surface area (Å²) in [4.78, 5) is 31.4. The number of rotatable bonds is 7. The Labute approximate surface area is 255 Å². The van der Waals surface area contributed by atoms with Gasteiger partial charge >= 0.3 is 0 Å². The number of carbonyl (C=O) groups is 2. The lowest BCUT2D eigenvalue weighted by Gasteiger charge is -2.47. The monoisotopic (exact) mass is 577 g/mol. The van der Waals surface area contributed by atoms with Gasteiger partial charge in [-0.2, -0.15) is 0 Å². The highest BCUT2D eigenvalue weighted by molar-refractivity contribution is 6.04. The van der Waals surface area contributed by atoms with E-state index < -0.39 is 5.54 Å². The topological polar surface area (TPSA) is 63.6 Å². The molecule has 43 heavy (non-hydrogen) atoms. The van der Waals surface area contributed by atoms with E-state index in [9.17, 15) is 9.59 Å². The van der Waals surface area contributed by atoms with E-state index in [0.29, 0.717) is 18.8 Å². The average Bonchev–Trinajstić information content (AvgIpc) is 3.34. The molecular formula is C37H43N3O3. The Morgan fingerprint density at radius 2 is 1.63 bits per heavy atom. The summed E-state index contributed by atoms with van der Waals surface area (Å²) in [6, 6.07) is 26.1. The van der Waals surface area contributed by atoms with Gasteiger partial charge in [-0.15, -0.1) is 0 Å². The highest BCUT2D eigenvalue weighted by Gasteiger charge is 2.52. The number of aromatic nitrogens is 1. The molecule has 1 atom stereocenters. The molecule has 1 aromatic heterocycles. The van der Waals surface area contributed by atoms with Crippen LogP contribution in [-0.2, 0) is 23.4 Å². The van der Waals surface area contributed by atoms with Gasteiger partial charge in [0.15, 0.2) is 5.54 Å². The van der Waals surface area contributed by atoms with Crippen molar-refractivity contribution in [3.05, 3.63) is 101 Å². The highest BCUT2D eigenvalue weighted by atomic mass is 16.5. The summed E-state index contributed by atoms with van der Waals surface area (Å²) in [6.45, 7) is 6.72. The minimum atomic E-state index is -1.23. The Kier molecular flexibility index (Phi) is 8.29. The van der Waals surface area contributed by atoms with Crippen LogP contribution in [0.3, 0.4) is 0 Å². The Bertz CT molecular complexity index is 1580. The van der Waals surface area contributed by atoms with E-state index in [0.717, 1.165) is 59.0 Å². The maximum absolute atomic E-state index is 14.9. The Morgan fingerprint density at radius 1 is 0.930 bits per heavy atom. The number of nitrogens with one attached hydrogen (secondary N) is 1. The van der Waals surface area contributed by atoms with Crippen molar-refractivity contribution < 1.29 is 14.3 Å². The zero-order valence-corrected chi connectivity index (χ0v) is 25.6. The quantitative estimate of drug-likeness (QED) is 0.247. The van der Waals surface area contributed by atoms with Crippen LogP contribution in [0.2, 0.25) is 0 Å². The number of fused-ring (bicyclic) bond motifs is 3. The SMILES string of the molecule is Cc1ccc2cc3n(c2c1)C[C@](C(=O)NC1CCCCCCC1)(c1ccccc1)N(Cc1ccc(OC(C)C)cc1)C3=O. The summed E-state index contributed by atoms with van der Waals surface area (Å²) in [6.07, 6.45) is 7.91. The number of amides is 2. The first-order chi connectivity index (χ1) is 20.8. The van der Waals surface area contributed by atoms with Gasteiger partial charge < -0.3 is 19.5 Å². The van der Waals surface area contributed by atoms with Crippen LogP contribution >= 0.6 is 0 Å². The van der Waals surface area contributed by atoms with Crippen molar-refractivity contribution in [3.8, 4) is 5.75 Å². The van der Waals surface area contributed by atoms with E-state index in [2.05, 4.69) is 35.0 Å². The second-order valence-electron chi connectivity index (χ2n) is 12.6. The van der Waals surface area contributed by atoms with Crippen LogP contribution < -0.4 is 10.1 Å². The smallest absolute Gasteiger partial charge is 0.272 e. The zero-order valence-electron chi connectivity index (χ0n) is 25.6. The molecule has 0 spiro atoms. The molecule has 1 aliphatic carbocycles. The first-order valence-electron chi connectivity index (χ1n) is 15.9. The van der Waals surface area contributed by atoms with Crippen molar-refractivity contribution in [2.75, 3.05) is 0 Å². The third-order valence-corrected chi connectivity index (χ3v) is 9.07. The number of hydrogen-bond donors (Lipinski definition) is 1. The number of nitrogens with zero attached hydrogens (tertiary/aromatic N) is 2. The summed E-state index contributed by atoms with van der Waals surface area (Å²) in [5, 5.41) is 4.49. The van der Waals surface area contributed by atoms with Crippen molar-refractivity contribution >= 4 is 22.7 Å². The first-order valence-corrected chi connectivity index (χ1v) is 15.9. The minimum Gasteiger partial charge on any atom is -0.491 e. The van der Waals surface area contributed by atoms with Crippen molar-refractivity contribution in [2.24, 2.45) is 0 Å². The molecule has 1 aliphatic heterocycles. The van der Waals surface area contributed by atoms with Gasteiger partial charge in [0.2, 0.25) is 0 Å². The summed E-state index contributed by atoms with van der Waals surface area (Å²) < 4.78 is 7.95. The predicted octanol–water partition coefficient (Wildman–Crippen LogP) is 7.52. The lowest BCUT2D eigenvalue weighted by molar-refractivity contribution is -0.136. The summed E-state index contributed by atoms with van der Waals surface area (Å²) in [7, 11) is 0. The maximum Gasteiger partial charge on any atom is 0.272 e. The molecular weight excluding hydrogens is 534 g/mol. The van der Waals surface area contributed by atoms with E-state index in [1.807, 2.05) is 79.4 Å². The third-order valence-electron chi connectivity index (χ3n) is 9.07. The van der Waals surface area contributed by atoms with Gasteiger partial charge in [0.25, 0.3) is 11.8 Å². The fourth-order valence-electron chi connectivity index (χ4n) is 6.86. The van der Waals surface area contributed by atoms with Gasteiger partial charge in [0, 0.05) is 23.5 Å². The van der Waals surface area contributed by atoms with Crippen LogP contribution in [0.25, 0.3) is 10.9 Å². The molecule has 2 amide bonds.